The average Bonchev–Trinajstić information content (AvgIpc) is 3.25. The van der Waals surface area contributed by atoms with E-state index >= 15 is 0 Å². The number of fused-ring (bicyclic) bond motifs is 5. The minimum Gasteiger partial charge on any atom is -0.279 e. The standard InChI is InChI=1S/C21H31NO2/c1-4-7-9-14(6-3)12-17(8-5-2)22-20(23)18-15-10-11-16(13-15)19(18)21(22)24/h5,10-11,14-19H,2,4,6-9,12-13H2,1,3H3. The smallest absolute Gasteiger partial charge is 0.233 e. The first-order chi connectivity index (χ1) is 11.6. The van der Waals surface area contributed by atoms with Crippen molar-refractivity contribution in [3.05, 3.63) is 24.8 Å². The van der Waals surface area contributed by atoms with Crippen LogP contribution in [0.4, 0.5) is 0 Å². The van der Waals surface area contributed by atoms with Gasteiger partial charge in [-0.25, -0.2) is 0 Å². The lowest BCUT2D eigenvalue weighted by molar-refractivity contribution is -0.143. The van der Waals surface area contributed by atoms with E-state index in [0.717, 1.165) is 25.7 Å². The quantitative estimate of drug-likeness (QED) is 0.466. The van der Waals surface area contributed by atoms with Gasteiger partial charge < -0.3 is 0 Å². The number of hydrogen-bond donors (Lipinski definition) is 0. The summed E-state index contributed by atoms with van der Waals surface area (Å²) < 4.78 is 0. The highest BCUT2D eigenvalue weighted by Crippen LogP contribution is 2.53. The molecule has 2 aliphatic carbocycles. The van der Waals surface area contributed by atoms with Crippen molar-refractivity contribution < 1.29 is 9.59 Å². The summed E-state index contributed by atoms with van der Waals surface area (Å²) in [5.41, 5.74) is 0. The number of likely N-dealkylation sites (tertiary alicyclic amines) is 1. The van der Waals surface area contributed by atoms with E-state index in [-0.39, 0.29) is 29.7 Å². The van der Waals surface area contributed by atoms with Crippen molar-refractivity contribution in [2.24, 2.45) is 29.6 Å². The molecule has 2 amide bonds. The Kier molecular flexibility index (Phi) is 5.27. The molecule has 3 aliphatic rings. The molecule has 2 fully saturated rings. The molecule has 0 aromatic rings. The van der Waals surface area contributed by atoms with Gasteiger partial charge in [0.1, 0.15) is 0 Å². The van der Waals surface area contributed by atoms with Crippen LogP contribution in [0.25, 0.3) is 0 Å². The fraction of sp³-hybridized carbons (Fsp3) is 0.714. The Morgan fingerprint density at radius 2 is 1.83 bits per heavy atom. The van der Waals surface area contributed by atoms with Crippen LogP contribution in [0.3, 0.4) is 0 Å². The number of unbranched alkanes of at least 4 members (excludes halogenated alkanes) is 1. The van der Waals surface area contributed by atoms with Crippen molar-refractivity contribution in [1.29, 1.82) is 0 Å². The zero-order chi connectivity index (χ0) is 17.3. The molecular weight excluding hydrogens is 298 g/mol. The molecule has 6 atom stereocenters. The first-order valence-corrected chi connectivity index (χ1v) is 9.78. The molecule has 1 saturated carbocycles. The van der Waals surface area contributed by atoms with Gasteiger partial charge in [0, 0.05) is 6.04 Å². The van der Waals surface area contributed by atoms with Crippen LogP contribution in [0.2, 0.25) is 0 Å². The van der Waals surface area contributed by atoms with Gasteiger partial charge in [-0.15, -0.1) is 6.58 Å². The number of allylic oxidation sites excluding steroid dienone is 2. The number of rotatable bonds is 9. The number of carbonyl (C=O) groups is 2. The highest BCUT2D eigenvalue weighted by atomic mass is 16.2. The molecule has 2 bridgehead atoms. The summed E-state index contributed by atoms with van der Waals surface area (Å²) in [6.45, 7) is 8.30. The fourth-order valence-corrected chi connectivity index (χ4v) is 5.15. The summed E-state index contributed by atoms with van der Waals surface area (Å²) in [5.74, 6) is 1.23. The first-order valence-electron chi connectivity index (χ1n) is 9.78. The van der Waals surface area contributed by atoms with Gasteiger partial charge in [0.05, 0.1) is 11.8 Å². The summed E-state index contributed by atoms with van der Waals surface area (Å²) in [4.78, 5) is 27.7. The Balaban J connectivity index is 1.75. The number of carbonyl (C=O) groups excluding carboxylic acids is 2. The van der Waals surface area contributed by atoms with Gasteiger partial charge in [-0.3, -0.25) is 14.5 Å². The second-order valence-electron chi connectivity index (χ2n) is 7.88. The minimum atomic E-state index is -0.0736. The SMILES string of the molecule is C=CCC(CC(CC)CCCC)N1C(=O)C2C3C=CC(C3)C2C1=O. The van der Waals surface area contributed by atoms with Crippen molar-refractivity contribution in [3.8, 4) is 0 Å². The number of hydrogen-bond acceptors (Lipinski definition) is 2. The molecule has 1 aliphatic heterocycles. The van der Waals surface area contributed by atoms with E-state index in [1.54, 1.807) is 4.90 Å². The van der Waals surface area contributed by atoms with Gasteiger partial charge in [0.2, 0.25) is 11.8 Å². The molecule has 0 N–H and O–H groups in total. The van der Waals surface area contributed by atoms with Crippen LogP contribution in [0.5, 0.6) is 0 Å². The Hall–Kier alpha value is -1.38. The summed E-state index contributed by atoms with van der Waals surface area (Å²) in [6, 6.07) is 0.00862. The van der Waals surface area contributed by atoms with Crippen molar-refractivity contribution in [2.75, 3.05) is 0 Å². The first kappa shape index (κ1) is 17.4. The van der Waals surface area contributed by atoms with Gasteiger partial charge >= 0.3 is 0 Å². The molecular formula is C21H31NO2. The fourth-order valence-electron chi connectivity index (χ4n) is 5.15. The lowest BCUT2D eigenvalue weighted by atomic mass is 9.85. The van der Waals surface area contributed by atoms with Crippen LogP contribution >= 0.6 is 0 Å². The predicted molar refractivity (Wildman–Crippen MR) is 96.1 cm³/mol. The Morgan fingerprint density at radius 3 is 2.33 bits per heavy atom. The summed E-state index contributed by atoms with van der Waals surface area (Å²) in [5, 5.41) is 0. The highest BCUT2D eigenvalue weighted by molar-refractivity contribution is 6.06. The van der Waals surface area contributed by atoms with E-state index < -0.39 is 0 Å². The zero-order valence-electron chi connectivity index (χ0n) is 15.1. The normalized spacial score (nSPS) is 33.2. The molecule has 132 valence electrons. The summed E-state index contributed by atoms with van der Waals surface area (Å²) in [6.07, 6.45) is 13.6. The molecule has 0 aromatic carbocycles. The molecule has 0 spiro atoms. The van der Waals surface area contributed by atoms with Gasteiger partial charge in [0.15, 0.2) is 0 Å². The van der Waals surface area contributed by atoms with E-state index in [4.69, 9.17) is 0 Å². The van der Waals surface area contributed by atoms with E-state index in [0.29, 0.717) is 17.8 Å². The maximum Gasteiger partial charge on any atom is 0.233 e. The van der Waals surface area contributed by atoms with Crippen LogP contribution in [-0.4, -0.2) is 22.8 Å². The molecule has 3 heteroatoms. The number of amides is 2. The third-order valence-corrected chi connectivity index (χ3v) is 6.46. The molecule has 24 heavy (non-hydrogen) atoms. The zero-order valence-corrected chi connectivity index (χ0v) is 15.1. The van der Waals surface area contributed by atoms with Gasteiger partial charge in [-0.05, 0) is 37.0 Å². The van der Waals surface area contributed by atoms with Crippen molar-refractivity contribution >= 4 is 11.8 Å². The maximum atomic E-state index is 13.0. The third kappa shape index (κ3) is 2.87. The second kappa shape index (κ2) is 7.25. The average molecular weight is 329 g/mol. The molecule has 1 heterocycles. The maximum absolute atomic E-state index is 13.0. The molecule has 0 radical (unpaired) electrons. The van der Waals surface area contributed by atoms with Crippen LogP contribution in [0.15, 0.2) is 24.8 Å². The van der Waals surface area contributed by atoms with E-state index in [9.17, 15) is 9.59 Å². The Bertz CT molecular complexity index is 508. The largest absolute Gasteiger partial charge is 0.279 e. The van der Waals surface area contributed by atoms with E-state index in [1.165, 1.54) is 19.3 Å². The van der Waals surface area contributed by atoms with Gasteiger partial charge in [-0.1, -0.05) is 57.8 Å². The van der Waals surface area contributed by atoms with Crippen LogP contribution < -0.4 is 0 Å². The molecule has 6 unspecified atom stereocenters. The Morgan fingerprint density at radius 1 is 1.21 bits per heavy atom. The highest BCUT2D eigenvalue weighted by Gasteiger charge is 2.60. The summed E-state index contributed by atoms with van der Waals surface area (Å²) >= 11 is 0. The number of imide groups is 1. The van der Waals surface area contributed by atoms with Crippen molar-refractivity contribution in [1.82, 2.24) is 4.90 Å². The van der Waals surface area contributed by atoms with Gasteiger partial charge in [0.25, 0.3) is 0 Å². The monoisotopic (exact) mass is 329 g/mol. The lowest BCUT2D eigenvalue weighted by Gasteiger charge is -2.30. The van der Waals surface area contributed by atoms with E-state index in [2.05, 4.69) is 32.6 Å². The van der Waals surface area contributed by atoms with Crippen molar-refractivity contribution in [3.63, 3.8) is 0 Å². The van der Waals surface area contributed by atoms with Gasteiger partial charge in [-0.2, -0.15) is 0 Å². The third-order valence-electron chi connectivity index (χ3n) is 6.46. The predicted octanol–water partition coefficient (Wildman–Crippen LogP) is 4.34. The summed E-state index contributed by atoms with van der Waals surface area (Å²) in [7, 11) is 0. The van der Waals surface area contributed by atoms with Crippen LogP contribution in [0.1, 0.15) is 58.8 Å². The second-order valence-corrected chi connectivity index (χ2v) is 7.88. The van der Waals surface area contributed by atoms with E-state index in [1.807, 2.05) is 6.08 Å². The topological polar surface area (TPSA) is 37.4 Å². The molecule has 3 rings (SSSR count). The molecule has 1 saturated heterocycles. The van der Waals surface area contributed by atoms with Crippen LogP contribution in [-0.2, 0) is 9.59 Å². The number of nitrogens with zero attached hydrogens (tertiary/aromatic N) is 1. The lowest BCUT2D eigenvalue weighted by Crippen LogP contribution is -2.42. The molecule has 0 aromatic heterocycles. The van der Waals surface area contributed by atoms with Crippen LogP contribution in [0, 0.1) is 29.6 Å². The Labute approximate surface area is 146 Å². The van der Waals surface area contributed by atoms with Crippen molar-refractivity contribution in [2.45, 2.75) is 64.8 Å². The minimum absolute atomic E-state index is 0.00862. The molecule has 3 nitrogen and oxygen atoms in total.